The molecule has 3 nitrogen and oxygen atoms in total. The average molecular weight is 274 g/mol. The largest absolute Gasteiger partial charge is 0.324 e. The maximum absolute atomic E-state index is 12.1. The topological polar surface area (TPSA) is 32.3 Å². The molecular formula is C17H26N2O. The van der Waals surface area contributed by atoms with Gasteiger partial charge in [-0.05, 0) is 57.7 Å². The lowest BCUT2D eigenvalue weighted by atomic mass is 9.85. The van der Waals surface area contributed by atoms with Crippen molar-refractivity contribution in [2.24, 2.45) is 5.92 Å². The summed E-state index contributed by atoms with van der Waals surface area (Å²) in [5.41, 5.74) is 4.48. The van der Waals surface area contributed by atoms with Crippen LogP contribution < -0.4 is 5.32 Å². The van der Waals surface area contributed by atoms with Crippen molar-refractivity contribution >= 4 is 11.6 Å². The Hall–Kier alpha value is -1.35. The van der Waals surface area contributed by atoms with E-state index in [9.17, 15) is 4.79 Å². The first-order chi connectivity index (χ1) is 9.45. The molecule has 0 aliphatic heterocycles. The molecule has 0 spiro atoms. The molecular weight excluding hydrogens is 248 g/mol. The zero-order valence-corrected chi connectivity index (χ0v) is 13.1. The molecule has 1 aliphatic carbocycles. The van der Waals surface area contributed by atoms with Gasteiger partial charge in [-0.25, -0.2) is 0 Å². The van der Waals surface area contributed by atoms with Gasteiger partial charge in [0.15, 0.2) is 0 Å². The van der Waals surface area contributed by atoms with Crippen LogP contribution in [0, 0.1) is 26.7 Å². The first-order valence-electron chi connectivity index (χ1n) is 7.52. The second-order valence-corrected chi connectivity index (χ2v) is 6.32. The van der Waals surface area contributed by atoms with Gasteiger partial charge in [-0.3, -0.25) is 9.69 Å². The fourth-order valence-corrected chi connectivity index (χ4v) is 2.98. The van der Waals surface area contributed by atoms with Gasteiger partial charge >= 0.3 is 0 Å². The van der Waals surface area contributed by atoms with Gasteiger partial charge in [-0.2, -0.15) is 0 Å². The highest BCUT2D eigenvalue weighted by Crippen LogP contribution is 2.26. The van der Waals surface area contributed by atoms with Crippen molar-refractivity contribution in [3.8, 4) is 0 Å². The van der Waals surface area contributed by atoms with Crippen molar-refractivity contribution in [1.29, 1.82) is 0 Å². The van der Waals surface area contributed by atoms with Crippen LogP contribution >= 0.6 is 0 Å². The molecule has 1 saturated carbocycles. The monoisotopic (exact) mass is 274 g/mol. The Labute approximate surface area is 122 Å². The van der Waals surface area contributed by atoms with Crippen molar-refractivity contribution in [2.45, 2.75) is 40.0 Å². The Morgan fingerprint density at radius 1 is 1.25 bits per heavy atom. The van der Waals surface area contributed by atoms with Crippen LogP contribution in [-0.2, 0) is 4.79 Å². The highest BCUT2D eigenvalue weighted by atomic mass is 16.2. The molecule has 1 aromatic rings. The summed E-state index contributed by atoms with van der Waals surface area (Å²) in [6.07, 6.45) is 4.00. The Bertz CT molecular complexity index is 469. The lowest BCUT2D eigenvalue weighted by Crippen LogP contribution is -2.35. The maximum Gasteiger partial charge on any atom is 0.238 e. The predicted molar refractivity (Wildman–Crippen MR) is 84.1 cm³/mol. The number of likely N-dealkylation sites (N-methyl/N-ethyl adjacent to an activating group) is 1. The normalized spacial score (nSPS) is 15.2. The number of nitrogens with zero attached hydrogens (tertiary/aromatic N) is 1. The van der Waals surface area contributed by atoms with Crippen molar-refractivity contribution in [1.82, 2.24) is 4.90 Å². The molecule has 3 heteroatoms. The molecule has 2 rings (SSSR count). The molecule has 0 bridgehead atoms. The van der Waals surface area contributed by atoms with E-state index in [4.69, 9.17) is 0 Å². The number of carbonyl (C=O) groups excluding carboxylic acids is 1. The van der Waals surface area contributed by atoms with Gasteiger partial charge < -0.3 is 5.32 Å². The lowest BCUT2D eigenvalue weighted by molar-refractivity contribution is -0.117. The van der Waals surface area contributed by atoms with E-state index < -0.39 is 0 Å². The van der Waals surface area contributed by atoms with E-state index in [1.807, 2.05) is 20.9 Å². The van der Waals surface area contributed by atoms with Gasteiger partial charge in [-0.15, -0.1) is 0 Å². The minimum absolute atomic E-state index is 0.0851. The van der Waals surface area contributed by atoms with Crippen molar-refractivity contribution in [2.75, 3.05) is 25.5 Å². The standard InChI is InChI=1S/C17H26N2O/c1-12-8-13(2)17(14(3)9-12)18-16(20)11-19(4)10-15-6-5-7-15/h8-9,15H,5-7,10-11H2,1-4H3,(H,18,20). The SMILES string of the molecule is Cc1cc(C)c(NC(=O)CN(C)CC2CCC2)c(C)c1. The number of rotatable bonds is 5. The summed E-state index contributed by atoms with van der Waals surface area (Å²) in [5, 5.41) is 3.07. The fraction of sp³-hybridized carbons (Fsp3) is 0.588. The predicted octanol–water partition coefficient (Wildman–Crippen LogP) is 3.28. The van der Waals surface area contributed by atoms with E-state index in [1.165, 1.54) is 24.8 Å². The van der Waals surface area contributed by atoms with Crippen LogP contribution in [0.4, 0.5) is 5.69 Å². The van der Waals surface area contributed by atoms with E-state index in [-0.39, 0.29) is 5.91 Å². The molecule has 0 heterocycles. The number of aryl methyl sites for hydroxylation is 3. The number of benzene rings is 1. The lowest BCUT2D eigenvalue weighted by Gasteiger charge is -2.29. The first-order valence-corrected chi connectivity index (χ1v) is 7.52. The summed E-state index contributed by atoms with van der Waals surface area (Å²) in [6, 6.07) is 4.22. The summed E-state index contributed by atoms with van der Waals surface area (Å²) >= 11 is 0. The Morgan fingerprint density at radius 2 is 1.85 bits per heavy atom. The van der Waals surface area contributed by atoms with Crippen molar-refractivity contribution < 1.29 is 4.79 Å². The molecule has 0 radical (unpaired) electrons. The van der Waals surface area contributed by atoms with Crippen LogP contribution in [0.5, 0.6) is 0 Å². The van der Waals surface area contributed by atoms with E-state index in [0.29, 0.717) is 6.54 Å². The number of hydrogen-bond donors (Lipinski definition) is 1. The summed E-state index contributed by atoms with van der Waals surface area (Å²) in [7, 11) is 2.03. The summed E-state index contributed by atoms with van der Waals surface area (Å²) < 4.78 is 0. The summed E-state index contributed by atoms with van der Waals surface area (Å²) in [5.74, 6) is 0.887. The Balaban J connectivity index is 1.90. The molecule has 0 atom stereocenters. The number of nitrogens with one attached hydrogen (secondary N) is 1. The Kier molecular flexibility index (Phi) is 4.81. The van der Waals surface area contributed by atoms with Crippen LogP contribution in [0.2, 0.25) is 0 Å². The molecule has 110 valence electrons. The van der Waals surface area contributed by atoms with Gasteiger partial charge in [0.1, 0.15) is 0 Å². The van der Waals surface area contributed by atoms with Gasteiger partial charge in [-0.1, -0.05) is 24.1 Å². The second-order valence-electron chi connectivity index (χ2n) is 6.32. The van der Waals surface area contributed by atoms with Gasteiger partial charge in [0.05, 0.1) is 6.54 Å². The highest BCUT2D eigenvalue weighted by Gasteiger charge is 2.20. The average Bonchev–Trinajstić information content (AvgIpc) is 2.28. The summed E-state index contributed by atoms with van der Waals surface area (Å²) in [6.45, 7) is 7.70. The molecule has 1 amide bonds. The van der Waals surface area contributed by atoms with E-state index in [1.54, 1.807) is 0 Å². The van der Waals surface area contributed by atoms with Crippen LogP contribution in [0.15, 0.2) is 12.1 Å². The molecule has 0 aromatic heterocycles. The van der Waals surface area contributed by atoms with Gasteiger partial charge in [0.2, 0.25) is 5.91 Å². The van der Waals surface area contributed by atoms with Crippen molar-refractivity contribution in [3.05, 3.63) is 28.8 Å². The summed E-state index contributed by atoms with van der Waals surface area (Å²) in [4.78, 5) is 14.3. The third-order valence-electron chi connectivity index (χ3n) is 4.15. The van der Waals surface area contributed by atoms with Crippen LogP contribution in [-0.4, -0.2) is 30.9 Å². The molecule has 1 aliphatic rings. The number of anilines is 1. The first kappa shape index (κ1) is 15.0. The zero-order valence-electron chi connectivity index (χ0n) is 13.1. The second kappa shape index (κ2) is 6.40. The quantitative estimate of drug-likeness (QED) is 0.893. The van der Waals surface area contributed by atoms with Crippen LogP contribution in [0.1, 0.15) is 36.0 Å². The minimum atomic E-state index is 0.0851. The van der Waals surface area contributed by atoms with Crippen molar-refractivity contribution in [3.63, 3.8) is 0 Å². The van der Waals surface area contributed by atoms with E-state index in [2.05, 4.69) is 29.3 Å². The number of carbonyl (C=O) groups is 1. The minimum Gasteiger partial charge on any atom is -0.324 e. The molecule has 20 heavy (non-hydrogen) atoms. The fourth-order valence-electron chi connectivity index (χ4n) is 2.98. The van der Waals surface area contributed by atoms with E-state index in [0.717, 1.165) is 29.3 Å². The van der Waals surface area contributed by atoms with E-state index >= 15 is 0 Å². The molecule has 1 N–H and O–H groups in total. The molecule has 0 unspecified atom stereocenters. The van der Waals surface area contributed by atoms with Gasteiger partial charge in [0.25, 0.3) is 0 Å². The van der Waals surface area contributed by atoms with Crippen LogP contribution in [0.3, 0.4) is 0 Å². The Morgan fingerprint density at radius 3 is 2.35 bits per heavy atom. The molecule has 0 saturated heterocycles. The third-order valence-corrected chi connectivity index (χ3v) is 4.15. The molecule has 1 aromatic carbocycles. The van der Waals surface area contributed by atoms with Gasteiger partial charge in [0, 0.05) is 12.2 Å². The van der Waals surface area contributed by atoms with Crippen LogP contribution in [0.25, 0.3) is 0 Å². The third kappa shape index (κ3) is 3.83. The number of amides is 1. The molecule has 1 fully saturated rings. The smallest absolute Gasteiger partial charge is 0.238 e. The number of hydrogen-bond acceptors (Lipinski definition) is 2. The zero-order chi connectivity index (χ0) is 14.7. The maximum atomic E-state index is 12.1. The highest BCUT2D eigenvalue weighted by molar-refractivity contribution is 5.93.